The molecule has 0 aromatic heterocycles. The second-order valence-electron chi connectivity index (χ2n) is 4.41. The Balaban J connectivity index is 1.95. The first-order valence-electron chi connectivity index (χ1n) is 6.18. The maximum absolute atomic E-state index is 12.4. The molecule has 20 heavy (non-hydrogen) atoms. The molecule has 0 N–H and O–H groups in total. The number of Topliss-reactive ketones (excluding diaryl/α,β-unsaturated/α-hetero) is 1. The molecule has 1 aliphatic heterocycles. The van der Waals surface area contributed by atoms with E-state index in [-0.39, 0.29) is 12.6 Å². The molecule has 1 unspecified atom stereocenters. The van der Waals surface area contributed by atoms with Gasteiger partial charge in [0.05, 0.1) is 6.07 Å². The molecule has 3 rings (SSSR count). The van der Waals surface area contributed by atoms with Crippen LogP contribution in [0.4, 0.5) is 0 Å². The molecule has 0 saturated carbocycles. The van der Waals surface area contributed by atoms with Crippen molar-refractivity contribution >= 4 is 5.78 Å². The van der Waals surface area contributed by atoms with Crippen LogP contribution in [0.3, 0.4) is 0 Å². The van der Waals surface area contributed by atoms with Crippen LogP contribution in [-0.4, -0.2) is 12.6 Å². The molecule has 1 heterocycles. The predicted molar refractivity (Wildman–Crippen MR) is 71.7 cm³/mol. The van der Waals surface area contributed by atoms with Crippen LogP contribution >= 0.6 is 0 Å². The van der Waals surface area contributed by atoms with Crippen molar-refractivity contribution in [3.8, 4) is 17.6 Å². The molecule has 0 radical (unpaired) electrons. The third-order valence-corrected chi connectivity index (χ3v) is 3.18. The van der Waals surface area contributed by atoms with Gasteiger partial charge in [0.2, 0.25) is 6.79 Å². The standard InChI is InChI=1S/C16H11NO3/c17-9-13(16(18)11-4-2-1-3-5-11)12-6-7-14-15(8-12)20-10-19-14/h1-8,13H,10H2. The van der Waals surface area contributed by atoms with Gasteiger partial charge < -0.3 is 9.47 Å². The molecule has 0 bridgehead atoms. The summed E-state index contributed by atoms with van der Waals surface area (Å²) in [6.07, 6.45) is 0. The van der Waals surface area contributed by atoms with Gasteiger partial charge in [-0.25, -0.2) is 0 Å². The van der Waals surface area contributed by atoms with Gasteiger partial charge in [-0.05, 0) is 17.7 Å². The normalized spacial score (nSPS) is 13.6. The zero-order chi connectivity index (χ0) is 13.9. The molecule has 0 saturated heterocycles. The number of carbonyl (C=O) groups is 1. The maximum Gasteiger partial charge on any atom is 0.231 e. The molecular weight excluding hydrogens is 254 g/mol. The van der Waals surface area contributed by atoms with Crippen LogP contribution in [0.25, 0.3) is 0 Å². The monoisotopic (exact) mass is 265 g/mol. The third-order valence-electron chi connectivity index (χ3n) is 3.18. The van der Waals surface area contributed by atoms with E-state index in [1.165, 1.54) is 0 Å². The summed E-state index contributed by atoms with van der Waals surface area (Å²) in [6.45, 7) is 0.169. The molecule has 1 atom stereocenters. The lowest BCUT2D eigenvalue weighted by atomic mass is 9.91. The smallest absolute Gasteiger partial charge is 0.231 e. The van der Waals surface area contributed by atoms with Crippen molar-refractivity contribution in [2.24, 2.45) is 0 Å². The minimum absolute atomic E-state index is 0.169. The predicted octanol–water partition coefficient (Wildman–Crippen LogP) is 2.91. The largest absolute Gasteiger partial charge is 0.454 e. The van der Waals surface area contributed by atoms with Crippen LogP contribution in [0.1, 0.15) is 21.8 Å². The summed E-state index contributed by atoms with van der Waals surface area (Å²) in [6, 6.07) is 16.0. The molecule has 4 nitrogen and oxygen atoms in total. The number of nitrogens with zero attached hydrogens (tertiary/aromatic N) is 1. The van der Waals surface area contributed by atoms with E-state index in [4.69, 9.17) is 9.47 Å². The average molecular weight is 265 g/mol. The fraction of sp³-hybridized carbons (Fsp3) is 0.125. The summed E-state index contributed by atoms with van der Waals surface area (Å²) in [5.41, 5.74) is 1.14. The number of hydrogen-bond donors (Lipinski definition) is 0. The first-order chi connectivity index (χ1) is 9.79. The minimum atomic E-state index is -0.841. The summed E-state index contributed by atoms with van der Waals surface area (Å²) in [7, 11) is 0. The van der Waals surface area contributed by atoms with Crippen LogP contribution in [0.2, 0.25) is 0 Å². The summed E-state index contributed by atoms with van der Waals surface area (Å²) in [5, 5.41) is 9.32. The lowest BCUT2D eigenvalue weighted by molar-refractivity contribution is 0.0979. The number of ether oxygens (including phenoxy) is 2. The molecule has 0 amide bonds. The molecule has 1 aliphatic rings. The zero-order valence-electron chi connectivity index (χ0n) is 10.6. The maximum atomic E-state index is 12.4. The molecule has 0 spiro atoms. The van der Waals surface area contributed by atoms with Gasteiger partial charge in [-0.2, -0.15) is 5.26 Å². The van der Waals surface area contributed by atoms with Crippen LogP contribution in [0, 0.1) is 11.3 Å². The van der Waals surface area contributed by atoms with Gasteiger partial charge in [0.15, 0.2) is 17.3 Å². The topological polar surface area (TPSA) is 59.3 Å². The van der Waals surface area contributed by atoms with Gasteiger partial charge in [-0.15, -0.1) is 0 Å². The molecule has 2 aromatic carbocycles. The van der Waals surface area contributed by atoms with Gasteiger partial charge in [0.25, 0.3) is 0 Å². The Labute approximate surface area is 116 Å². The average Bonchev–Trinajstić information content (AvgIpc) is 2.96. The molecule has 0 aliphatic carbocycles. The number of ketones is 1. The molecular formula is C16H11NO3. The number of rotatable bonds is 3. The lowest BCUT2D eigenvalue weighted by Gasteiger charge is -2.09. The Morgan fingerprint density at radius 1 is 1.10 bits per heavy atom. The Kier molecular flexibility index (Phi) is 3.10. The van der Waals surface area contributed by atoms with Crippen molar-refractivity contribution in [3.63, 3.8) is 0 Å². The fourth-order valence-electron chi connectivity index (χ4n) is 2.15. The van der Waals surface area contributed by atoms with Crippen molar-refractivity contribution in [3.05, 3.63) is 59.7 Å². The van der Waals surface area contributed by atoms with Crippen molar-refractivity contribution in [1.82, 2.24) is 0 Å². The second-order valence-corrected chi connectivity index (χ2v) is 4.41. The molecule has 2 aromatic rings. The summed E-state index contributed by atoms with van der Waals surface area (Å²) < 4.78 is 10.5. The van der Waals surface area contributed by atoms with Crippen LogP contribution in [0.15, 0.2) is 48.5 Å². The van der Waals surface area contributed by atoms with E-state index in [2.05, 4.69) is 6.07 Å². The van der Waals surface area contributed by atoms with E-state index < -0.39 is 5.92 Å². The van der Waals surface area contributed by atoms with Crippen LogP contribution in [-0.2, 0) is 0 Å². The van der Waals surface area contributed by atoms with E-state index >= 15 is 0 Å². The Hall–Kier alpha value is -2.80. The van der Waals surface area contributed by atoms with Gasteiger partial charge in [0, 0.05) is 5.56 Å². The van der Waals surface area contributed by atoms with Crippen LogP contribution in [0.5, 0.6) is 11.5 Å². The number of fused-ring (bicyclic) bond motifs is 1. The van der Waals surface area contributed by atoms with Crippen molar-refractivity contribution < 1.29 is 14.3 Å². The fourth-order valence-corrected chi connectivity index (χ4v) is 2.15. The number of carbonyl (C=O) groups excluding carboxylic acids is 1. The second kappa shape index (κ2) is 5.06. The summed E-state index contributed by atoms with van der Waals surface area (Å²) in [4.78, 5) is 12.4. The SMILES string of the molecule is N#CC(C(=O)c1ccccc1)c1ccc2c(c1)OCO2. The highest BCUT2D eigenvalue weighted by atomic mass is 16.7. The van der Waals surface area contributed by atoms with Gasteiger partial charge >= 0.3 is 0 Å². The highest BCUT2D eigenvalue weighted by Gasteiger charge is 2.24. The van der Waals surface area contributed by atoms with E-state index in [0.29, 0.717) is 22.6 Å². The Morgan fingerprint density at radius 2 is 1.85 bits per heavy atom. The Morgan fingerprint density at radius 3 is 2.60 bits per heavy atom. The van der Waals surface area contributed by atoms with Crippen LogP contribution < -0.4 is 9.47 Å². The first-order valence-corrected chi connectivity index (χ1v) is 6.18. The highest BCUT2D eigenvalue weighted by molar-refractivity contribution is 6.02. The number of hydrogen-bond acceptors (Lipinski definition) is 4. The minimum Gasteiger partial charge on any atom is -0.454 e. The van der Waals surface area contributed by atoms with Crippen molar-refractivity contribution in [2.45, 2.75) is 5.92 Å². The first kappa shape index (κ1) is 12.2. The molecule has 98 valence electrons. The van der Waals surface area contributed by atoms with Gasteiger partial charge in [0.1, 0.15) is 5.92 Å². The van der Waals surface area contributed by atoms with E-state index in [1.807, 2.05) is 6.07 Å². The zero-order valence-corrected chi connectivity index (χ0v) is 10.6. The van der Waals surface area contributed by atoms with E-state index in [9.17, 15) is 10.1 Å². The van der Waals surface area contributed by atoms with Crippen molar-refractivity contribution in [1.29, 1.82) is 5.26 Å². The summed E-state index contributed by atoms with van der Waals surface area (Å²) >= 11 is 0. The van der Waals surface area contributed by atoms with Crippen molar-refractivity contribution in [2.75, 3.05) is 6.79 Å². The Bertz CT molecular complexity index is 689. The number of benzene rings is 2. The van der Waals surface area contributed by atoms with Gasteiger partial charge in [-0.3, -0.25) is 4.79 Å². The quantitative estimate of drug-likeness (QED) is 0.800. The van der Waals surface area contributed by atoms with E-state index in [1.54, 1.807) is 42.5 Å². The molecule has 0 fully saturated rings. The molecule has 4 heteroatoms. The third kappa shape index (κ3) is 2.10. The van der Waals surface area contributed by atoms with Gasteiger partial charge in [-0.1, -0.05) is 36.4 Å². The highest BCUT2D eigenvalue weighted by Crippen LogP contribution is 2.35. The number of nitriles is 1. The van der Waals surface area contributed by atoms with E-state index in [0.717, 1.165) is 0 Å². The summed E-state index contributed by atoms with van der Waals surface area (Å²) in [5.74, 6) is 0.153. The lowest BCUT2D eigenvalue weighted by Crippen LogP contribution is -2.11.